The lowest BCUT2D eigenvalue weighted by atomic mass is 10.0. The average molecular weight is 339 g/mol. The van der Waals surface area contributed by atoms with E-state index in [4.69, 9.17) is 4.74 Å². The van der Waals surface area contributed by atoms with Gasteiger partial charge in [-0.05, 0) is 36.4 Å². The molecule has 0 N–H and O–H groups in total. The van der Waals surface area contributed by atoms with Crippen LogP contribution >= 0.6 is 0 Å². The van der Waals surface area contributed by atoms with Crippen molar-refractivity contribution in [1.29, 1.82) is 0 Å². The maximum Gasteiger partial charge on any atom is 0.193 e. The lowest BCUT2D eigenvalue weighted by Gasteiger charge is -2.08. The number of aromatic nitrogens is 1. The molecule has 1 aromatic heterocycles. The minimum atomic E-state index is 0.00773. The van der Waals surface area contributed by atoms with Gasteiger partial charge in [0.05, 0.1) is 11.2 Å². The van der Waals surface area contributed by atoms with Crippen molar-refractivity contribution in [3.8, 4) is 5.75 Å². The number of nitrogens with zero attached hydrogens (tertiary/aromatic N) is 1. The molecule has 0 atom stereocenters. The van der Waals surface area contributed by atoms with E-state index in [0.29, 0.717) is 23.5 Å². The first-order valence-electron chi connectivity index (χ1n) is 8.47. The van der Waals surface area contributed by atoms with Gasteiger partial charge in [-0.1, -0.05) is 54.6 Å². The highest BCUT2D eigenvalue weighted by atomic mass is 16.5. The van der Waals surface area contributed by atoms with Crippen LogP contribution in [0.4, 0.5) is 0 Å². The molecular weight excluding hydrogens is 322 g/mol. The summed E-state index contributed by atoms with van der Waals surface area (Å²) in [4.78, 5) is 17.0. The SMILES string of the molecule is O=C(c1ccccc1)c1ccc(OCc2ccc3ccccc3n2)cc1. The van der Waals surface area contributed by atoms with Crippen molar-refractivity contribution in [2.75, 3.05) is 0 Å². The number of carbonyl (C=O) groups is 1. The third kappa shape index (κ3) is 3.47. The van der Waals surface area contributed by atoms with E-state index in [1.807, 2.05) is 78.9 Å². The number of ketones is 1. The summed E-state index contributed by atoms with van der Waals surface area (Å²) >= 11 is 0. The van der Waals surface area contributed by atoms with E-state index in [2.05, 4.69) is 4.98 Å². The van der Waals surface area contributed by atoms with Gasteiger partial charge in [-0.25, -0.2) is 4.98 Å². The normalized spacial score (nSPS) is 10.6. The largest absolute Gasteiger partial charge is 0.487 e. The number of para-hydroxylation sites is 1. The Hall–Kier alpha value is -3.46. The smallest absolute Gasteiger partial charge is 0.193 e. The predicted octanol–water partition coefficient (Wildman–Crippen LogP) is 5.04. The van der Waals surface area contributed by atoms with Gasteiger partial charge in [0.1, 0.15) is 12.4 Å². The number of hydrogen-bond acceptors (Lipinski definition) is 3. The van der Waals surface area contributed by atoms with Gasteiger partial charge >= 0.3 is 0 Å². The highest BCUT2D eigenvalue weighted by Crippen LogP contribution is 2.17. The lowest BCUT2D eigenvalue weighted by molar-refractivity contribution is 0.103. The van der Waals surface area contributed by atoms with E-state index in [-0.39, 0.29) is 5.78 Å². The number of rotatable bonds is 5. The Kier molecular flexibility index (Phi) is 4.44. The molecule has 4 rings (SSSR count). The minimum absolute atomic E-state index is 0.00773. The van der Waals surface area contributed by atoms with Crippen LogP contribution in [0.1, 0.15) is 21.6 Å². The third-order valence-electron chi connectivity index (χ3n) is 4.20. The number of ether oxygens (including phenoxy) is 1. The Morgan fingerprint density at radius 1 is 0.731 bits per heavy atom. The highest BCUT2D eigenvalue weighted by Gasteiger charge is 2.08. The van der Waals surface area contributed by atoms with Crippen LogP contribution in [0.5, 0.6) is 5.75 Å². The first-order valence-corrected chi connectivity index (χ1v) is 8.47. The molecule has 0 unspecified atom stereocenters. The summed E-state index contributed by atoms with van der Waals surface area (Å²) in [6.07, 6.45) is 0. The van der Waals surface area contributed by atoms with Crippen molar-refractivity contribution in [3.05, 3.63) is 108 Å². The van der Waals surface area contributed by atoms with Gasteiger partial charge in [-0.2, -0.15) is 0 Å². The summed E-state index contributed by atoms with van der Waals surface area (Å²) in [6.45, 7) is 0.386. The van der Waals surface area contributed by atoms with Crippen molar-refractivity contribution >= 4 is 16.7 Å². The van der Waals surface area contributed by atoms with Crippen LogP contribution in [-0.2, 0) is 6.61 Å². The van der Waals surface area contributed by atoms with E-state index in [9.17, 15) is 4.79 Å². The molecule has 0 bridgehead atoms. The second-order valence-electron chi connectivity index (χ2n) is 6.00. The summed E-state index contributed by atoms with van der Waals surface area (Å²) in [6, 6.07) is 28.5. The fourth-order valence-corrected chi connectivity index (χ4v) is 2.80. The van der Waals surface area contributed by atoms with Gasteiger partial charge in [0, 0.05) is 16.5 Å². The zero-order chi connectivity index (χ0) is 17.8. The highest BCUT2D eigenvalue weighted by molar-refractivity contribution is 6.08. The van der Waals surface area contributed by atoms with Crippen LogP contribution in [0.25, 0.3) is 10.9 Å². The first-order chi connectivity index (χ1) is 12.8. The molecule has 0 aliphatic carbocycles. The van der Waals surface area contributed by atoms with Crippen molar-refractivity contribution in [2.45, 2.75) is 6.61 Å². The van der Waals surface area contributed by atoms with Crippen LogP contribution in [0, 0.1) is 0 Å². The Labute approximate surface area is 151 Å². The zero-order valence-electron chi connectivity index (χ0n) is 14.1. The molecule has 4 aromatic rings. The molecule has 0 spiro atoms. The van der Waals surface area contributed by atoms with Crippen molar-refractivity contribution in [1.82, 2.24) is 4.98 Å². The molecule has 1 heterocycles. The summed E-state index contributed by atoms with van der Waals surface area (Å²) < 4.78 is 5.81. The van der Waals surface area contributed by atoms with E-state index in [1.54, 1.807) is 12.1 Å². The Bertz CT molecular complexity index is 1040. The quantitative estimate of drug-likeness (QED) is 0.478. The van der Waals surface area contributed by atoms with Crippen LogP contribution in [0.3, 0.4) is 0 Å². The number of benzene rings is 3. The Morgan fingerprint density at radius 3 is 2.23 bits per heavy atom. The maximum atomic E-state index is 12.4. The molecule has 0 saturated carbocycles. The van der Waals surface area contributed by atoms with Gasteiger partial charge in [-0.15, -0.1) is 0 Å². The Balaban J connectivity index is 1.44. The average Bonchev–Trinajstić information content (AvgIpc) is 2.72. The van der Waals surface area contributed by atoms with Crippen molar-refractivity contribution in [3.63, 3.8) is 0 Å². The standard InChI is InChI=1S/C23H17NO2/c25-23(18-7-2-1-3-8-18)19-11-14-21(15-12-19)26-16-20-13-10-17-6-4-5-9-22(17)24-20/h1-15H,16H2. The molecule has 3 heteroatoms. The summed E-state index contributed by atoms with van der Waals surface area (Å²) in [5.74, 6) is 0.720. The number of carbonyl (C=O) groups excluding carboxylic acids is 1. The summed E-state index contributed by atoms with van der Waals surface area (Å²) in [7, 11) is 0. The number of hydrogen-bond donors (Lipinski definition) is 0. The van der Waals surface area contributed by atoms with Gasteiger partial charge in [0.2, 0.25) is 0 Å². The molecule has 26 heavy (non-hydrogen) atoms. The number of pyridine rings is 1. The van der Waals surface area contributed by atoms with E-state index in [1.165, 1.54) is 0 Å². The third-order valence-corrected chi connectivity index (χ3v) is 4.20. The molecule has 3 aromatic carbocycles. The second-order valence-corrected chi connectivity index (χ2v) is 6.00. The molecule has 3 nitrogen and oxygen atoms in total. The van der Waals surface area contributed by atoms with Gasteiger partial charge in [0.15, 0.2) is 5.78 Å². The molecular formula is C23H17NO2. The van der Waals surface area contributed by atoms with Crippen molar-refractivity contribution < 1.29 is 9.53 Å². The van der Waals surface area contributed by atoms with Gasteiger partial charge in [0.25, 0.3) is 0 Å². The molecule has 0 saturated heterocycles. The molecule has 0 radical (unpaired) electrons. The van der Waals surface area contributed by atoms with Crippen molar-refractivity contribution in [2.24, 2.45) is 0 Å². The molecule has 126 valence electrons. The molecule has 0 amide bonds. The lowest BCUT2D eigenvalue weighted by Crippen LogP contribution is -2.02. The van der Waals surface area contributed by atoms with Crippen LogP contribution in [-0.4, -0.2) is 10.8 Å². The summed E-state index contributed by atoms with van der Waals surface area (Å²) in [5.41, 5.74) is 3.15. The summed E-state index contributed by atoms with van der Waals surface area (Å²) in [5, 5.41) is 1.11. The first kappa shape index (κ1) is 16.0. The minimum Gasteiger partial charge on any atom is -0.487 e. The second kappa shape index (κ2) is 7.19. The van der Waals surface area contributed by atoms with E-state index >= 15 is 0 Å². The van der Waals surface area contributed by atoms with E-state index < -0.39 is 0 Å². The fourth-order valence-electron chi connectivity index (χ4n) is 2.80. The maximum absolute atomic E-state index is 12.4. The fraction of sp³-hybridized carbons (Fsp3) is 0.0435. The van der Waals surface area contributed by atoms with Crippen LogP contribution < -0.4 is 4.74 Å². The molecule has 0 fully saturated rings. The van der Waals surface area contributed by atoms with Crippen LogP contribution in [0.2, 0.25) is 0 Å². The number of fused-ring (bicyclic) bond motifs is 1. The topological polar surface area (TPSA) is 39.2 Å². The van der Waals surface area contributed by atoms with Crippen LogP contribution in [0.15, 0.2) is 91.0 Å². The van der Waals surface area contributed by atoms with Gasteiger partial charge in [-0.3, -0.25) is 4.79 Å². The molecule has 0 aliphatic heterocycles. The Morgan fingerprint density at radius 2 is 1.42 bits per heavy atom. The molecule has 0 aliphatic rings. The van der Waals surface area contributed by atoms with Gasteiger partial charge < -0.3 is 4.74 Å². The monoisotopic (exact) mass is 339 g/mol. The predicted molar refractivity (Wildman–Crippen MR) is 102 cm³/mol. The zero-order valence-corrected chi connectivity index (χ0v) is 14.1. The van der Waals surface area contributed by atoms with E-state index in [0.717, 1.165) is 16.6 Å².